The van der Waals surface area contributed by atoms with E-state index in [0.717, 1.165) is 51.4 Å². The average molecular weight is 848 g/mol. The van der Waals surface area contributed by atoms with Gasteiger partial charge in [0.15, 0.2) is 0 Å². The van der Waals surface area contributed by atoms with Gasteiger partial charge in [0, 0.05) is 6.42 Å². The first-order chi connectivity index (χ1) is 29.5. The van der Waals surface area contributed by atoms with Crippen molar-refractivity contribution in [2.24, 2.45) is 0 Å². The van der Waals surface area contributed by atoms with Crippen molar-refractivity contribution in [2.75, 3.05) is 6.61 Å². The Morgan fingerprint density at radius 2 is 0.800 bits per heavy atom. The van der Waals surface area contributed by atoms with Crippen LogP contribution in [0.2, 0.25) is 0 Å². The second-order valence-corrected chi connectivity index (χ2v) is 18.6. The van der Waals surface area contributed by atoms with Gasteiger partial charge in [0.05, 0.1) is 25.2 Å². The Morgan fingerprint density at radius 1 is 0.467 bits per heavy atom. The molecule has 0 rings (SSSR count). The van der Waals surface area contributed by atoms with Crippen molar-refractivity contribution in [3.63, 3.8) is 0 Å². The Bertz CT molecular complexity index is 909. The number of unbranched alkanes of at least 4 members (excludes halogenated alkanes) is 35. The number of rotatable bonds is 49. The molecule has 0 aliphatic rings. The lowest BCUT2D eigenvalue weighted by atomic mass is 10.0. The highest BCUT2D eigenvalue weighted by Crippen LogP contribution is 2.18. The van der Waals surface area contributed by atoms with Gasteiger partial charge in [-0.05, 0) is 51.4 Å². The van der Waals surface area contributed by atoms with Gasteiger partial charge in [0.25, 0.3) is 0 Å². The van der Waals surface area contributed by atoms with Crippen LogP contribution in [0.5, 0.6) is 0 Å². The molecule has 1 amide bonds. The van der Waals surface area contributed by atoms with Crippen LogP contribution in [-0.4, -0.2) is 46.9 Å². The molecule has 0 aliphatic heterocycles. The van der Waals surface area contributed by atoms with Crippen molar-refractivity contribution < 1.29 is 24.5 Å². The topological polar surface area (TPSA) is 95.9 Å². The van der Waals surface area contributed by atoms with Crippen LogP contribution in [-0.2, 0) is 14.3 Å². The summed E-state index contributed by atoms with van der Waals surface area (Å²) in [4.78, 5) is 26.1. The van der Waals surface area contributed by atoms with Gasteiger partial charge in [0.2, 0.25) is 5.91 Å². The van der Waals surface area contributed by atoms with E-state index in [1.165, 1.54) is 199 Å². The monoisotopic (exact) mass is 848 g/mol. The Hall–Kier alpha value is -1.40. The van der Waals surface area contributed by atoms with Gasteiger partial charge in [0.1, 0.15) is 6.10 Å². The molecular weight excluding hydrogens is 743 g/mol. The van der Waals surface area contributed by atoms with Gasteiger partial charge in [-0.15, -0.1) is 0 Å². The lowest BCUT2D eigenvalue weighted by molar-refractivity contribution is -0.151. The normalized spacial score (nSPS) is 13.2. The molecule has 6 nitrogen and oxygen atoms in total. The number of nitrogens with one attached hydrogen (secondary N) is 1. The standard InChI is InChI=1S/C54H105NO5/c1-4-7-10-13-16-19-22-24-25-26-27-29-31-33-36-39-42-45-50(60-54(59)47-44-41-38-35-30-21-18-15-12-9-6-3)48-53(58)55-51(49-56)52(57)46-43-40-37-34-32-28-23-20-17-14-11-8-5-2/h24-25,50-52,56-57H,4-23,26-49H2,1-3H3,(H,55,58)/b25-24+. The molecule has 0 aliphatic carbocycles. The van der Waals surface area contributed by atoms with Crippen LogP contribution in [0.15, 0.2) is 12.2 Å². The Morgan fingerprint density at radius 3 is 1.18 bits per heavy atom. The number of carbonyl (C=O) groups excluding carboxylic acids is 2. The first kappa shape index (κ1) is 58.6. The number of amides is 1. The molecule has 0 saturated carbocycles. The fourth-order valence-corrected chi connectivity index (χ4v) is 8.49. The molecule has 3 N–H and O–H groups in total. The second-order valence-electron chi connectivity index (χ2n) is 18.6. The van der Waals surface area contributed by atoms with Crippen molar-refractivity contribution in [3.8, 4) is 0 Å². The van der Waals surface area contributed by atoms with Crippen molar-refractivity contribution in [2.45, 2.75) is 315 Å². The molecule has 3 unspecified atom stereocenters. The summed E-state index contributed by atoms with van der Waals surface area (Å²) in [7, 11) is 0. The highest BCUT2D eigenvalue weighted by Gasteiger charge is 2.24. The number of aliphatic hydroxyl groups is 2. The molecular formula is C54H105NO5. The molecule has 0 radical (unpaired) electrons. The summed E-state index contributed by atoms with van der Waals surface area (Å²) >= 11 is 0. The van der Waals surface area contributed by atoms with E-state index in [-0.39, 0.29) is 24.9 Å². The number of hydrogen-bond donors (Lipinski definition) is 3. The lowest BCUT2D eigenvalue weighted by Gasteiger charge is -2.24. The van der Waals surface area contributed by atoms with Crippen LogP contribution in [0.25, 0.3) is 0 Å². The minimum Gasteiger partial charge on any atom is -0.462 e. The molecule has 0 saturated heterocycles. The van der Waals surface area contributed by atoms with E-state index in [0.29, 0.717) is 19.3 Å². The third kappa shape index (κ3) is 43.3. The highest BCUT2D eigenvalue weighted by atomic mass is 16.5. The zero-order chi connectivity index (χ0) is 43.8. The van der Waals surface area contributed by atoms with E-state index in [4.69, 9.17) is 4.74 Å². The van der Waals surface area contributed by atoms with Gasteiger partial charge in [-0.2, -0.15) is 0 Å². The fourth-order valence-electron chi connectivity index (χ4n) is 8.49. The van der Waals surface area contributed by atoms with Gasteiger partial charge >= 0.3 is 5.97 Å². The summed E-state index contributed by atoms with van der Waals surface area (Å²) < 4.78 is 5.94. The van der Waals surface area contributed by atoms with E-state index in [9.17, 15) is 19.8 Å². The molecule has 60 heavy (non-hydrogen) atoms. The predicted octanol–water partition coefficient (Wildman–Crippen LogP) is 16.1. The number of esters is 1. The first-order valence-electron chi connectivity index (χ1n) is 26.9. The molecule has 0 aromatic rings. The second kappa shape index (κ2) is 48.6. The van der Waals surface area contributed by atoms with Crippen molar-refractivity contribution in [3.05, 3.63) is 12.2 Å². The third-order valence-corrected chi connectivity index (χ3v) is 12.6. The third-order valence-electron chi connectivity index (χ3n) is 12.6. The fraction of sp³-hybridized carbons (Fsp3) is 0.926. The zero-order valence-electron chi connectivity index (χ0n) is 40.6. The van der Waals surface area contributed by atoms with Crippen LogP contribution in [0, 0.1) is 0 Å². The largest absolute Gasteiger partial charge is 0.462 e. The van der Waals surface area contributed by atoms with E-state index >= 15 is 0 Å². The van der Waals surface area contributed by atoms with Gasteiger partial charge in [-0.3, -0.25) is 9.59 Å². The van der Waals surface area contributed by atoms with Crippen LogP contribution in [0.1, 0.15) is 297 Å². The number of carbonyl (C=O) groups is 2. The van der Waals surface area contributed by atoms with E-state index in [2.05, 4.69) is 38.2 Å². The highest BCUT2D eigenvalue weighted by molar-refractivity contribution is 5.77. The Balaban J connectivity index is 4.52. The minimum atomic E-state index is -0.783. The van der Waals surface area contributed by atoms with Crippen molar-refractivity contribution in [1.29, 1.82) is 0 Å². The molecule has 0 fully saturated rings. The summed E-state index contributed by atoms with van der Waals surface area (Å²) in [6.07, 6.45) is 54.1. The molecule has 0 aromatic carbocycles. The minimum absolute atomic E-state index is 0.0817. The summed E-state index contributed by atoms with van der Waals surface area (Å²) in [6.45, 7) is 6.50. The number of hydrogen-bond acceptors (Lipinski definition) is 5. The molecule has 0 aromatic heterocycles. The number of ether oxygens (including phenoxy) is 1. The maximum Gasteiger partial charge on any atom is 0.306 e. The smallest absolute Gasteiger partial charge is 0.306 e. The lowest BCUT2D eigenvalue weighted by Crippen LogP contribution is -2.46. The number of allylic oxidation sites excluding steroid dienone is 2. The molecule has 3 atom stereocenters. The maximum absolute atomic E-state index is 13.2. The van der Waals surface area contributed by atoms with Crippen molar-refractivity contribution in [1.82, 2.24) is 5.32 Å². The summed E-state index contributed by atoms with van der Waals surface area (Å²) in [5.74, 6) is -0.460. The van der Waals surface area contributed by atoms with Crippen LogP contribution < -0.4 is 5.32 Å². The SMILES string of the molecule is CCCCCCCC/C=C/CCCCCCCCCC(CC(=O)NC(CO)C(O)CCCCCCCCCCCCCCC)OC(=O)CCCCCCCCCCCCC. The van der Waals surface area contributed by atoms with Crippen LogP contribution in [0.4, 0.5) is 0 Å². The van der Waals surface area contributed by atoms with E-state index < -0.39 is 18.2 Å². The maximum atomic E-state index is 13.2. The molecule has 6 heteroatoms. The van der Waals surface area contributed by atoms with E-state index in [1.807, 2.05) is 0 Å². The molecule has 0 heterocycles. The summed E-state index contributed by atoms with van der Waals surface area (Å²) in [5, 5.41) is 23.8. The van der Waals surface area contributed by atoms with E-state index in [1.54, 1.807) is 0 Å². The zero-order valence-corrected chi connectivity index (χ0v) is 40.6. The molecule has 356 valence electrons. The van der Waals surface area contributed by atoms with Gasteiger partial charge < -0.3 is 20.3 Å². The molecule has 0 spiro atoms. The van der Waals surface area contributed by atoms with Crippen LogP contribution >= 0.6 is 0 Å². The average Bonchev–Trinajstić information content (AvgIpc) is 3.24. The molecule has 0 bridgehead atoms. The quantitative estimate of drug-likeness (QED) is 0.0322. The Labute approximate surface area is 374 Å². The first-order valence-corrected chi connectivity index (χ1v) is 26.9. The van der Waals surface area contributed by atoms with Gasteiger partial charge in [-0.1, -0.05) is 245 Å². The van der Waals surface area contributed by atoms with Crippen LogP contribution in [0.3, 0.4) is 0 Å². The van der Waals surface area contributed by atoms with Gasteiger partial charge in [-0.25, -0.2) is 0 Å². The predicted molar refractivity (Wildman–Crippen MR) is 260 cm³/mol. The number of aliphatic hydroxyl groups excluding tert-OH is 2. The summed E-state index contributed by atoms with van der Waals surface area (Å²) in [6, 6.07) is -0.696. The Kier molecular flexibility index (Phi) is 47.5. The summed E-state index contributed by atoms with van der Waals surface area (Å²) in [5.41, 5.74) is 0. The van der Waals surface area contributed by atoms with Crippen molar-refractivity contribution >= 4 is 11.9 Å².